The summed E-state index contributed by atoms with van der Waals surface area (Å²) in [4.78, 5) is 14.4. The first-order valence-corrected chi connectivity index (χ1v) is 10.8. The largest absolute Gasteiger partial charge is 0.336 e. The molecule has 0 radical (unpaired) electrons. The van der Waals surface area contributed by atoms with Gasteiger partial charge < -0.3 is 4.90 Å². The van der Waals surface area contributed by atoms with Gasteiger partial charge in [0, 0.05) is 31.7 Å². The van der Waals surface area contributed by atoms with Gasteiger partial charge in [0.1, 0.15) is 0 Å². The van der Waals surface area contributed by atoms with Crippen LogP contribution in [-0.4, -0.2) is 49.7 Å². The van der Waals surface area contributed by atoms with Crippen molar-refractivity contribution in [1.29, 1.82) is 0 Å². The van der Waals surface area contributed by atoms with Crippen molar-refractivity contribution in [2.45, 2.75) is 26.5 Å². The summed E-state index contributed by atoms with van der Waals surface area (Å²) >= 11 is 0. The van der Waals surface area contributed by atoms with Crippen LogP contribution in [0.2, 0.25) is 0 Å². The van der Waals surface area contributed by atoms with Crippen LogP contribution >= 0.6 is 0 Å². The Labute approximate surface area is 161 Å². The van der Waals surface area contributed by atoms with E-state index in [-0.39, 0.29) is 11.7 Å². The molecule has 1 fully saturated rings. The minimum atomic E-state index is -3.38. The van der Waals surface area contributed by atoms with Crippen LogP contribution in [0.5, 0.6) is 0 Å². The molecule has 1 saturated heterocycles. The minimum absolute atomic E-state index is 0.00160. The Morgan fingerprint density at radius 2 is 1.52 bits per heavy atom. The zero-order valence-electron chi connectivity index (χ0n) is 16.1. The van der Waals surface area contributed by atoms with Crippen molar-refractivity contribution < 1.29 is 13.2 Å². The summed E-state index contributed by atoms with van der Waals surface area (Å²) in [5, 5.41) is 0. The quantitative estimate of drug-likeness (QED) is 0.812. The normalized spacial score (nSPS) is 15.7. The molecule has 3 rings (SSSR count). The number of rotatable bonds is 4. The highest BCUT2D eigenvalue weighted by atomic mass is 32.2. The summed E-state index contributed by atoms with van der Waals surface area (Å²) in [6.07, 6.45) is 0. The Balaban J connectivity index is 1.62. The number of sulfonamides is 1. The molecule has 0 aliphatic carbocycles. The topological polar surface area (TPSA) is 57.7 Å². The number of hydrogen-bond donors (Lipinski definition) is 0. The molecule has 1 heterocycles. The highest BCUT2D eigenvalue weighted by molar-refractivity contribution is 7.88. The van der Waals surface area contributed by atoms with Crippen LogP contribution in [0.1, 0.15) is 32.6 Å². The monoisotopic (exact) mass is 386 g/mol. The SMILES string of the molecule is Cc1ccc(CS(=O)(=O)N2CCN(C(=O)c3ccc(C)c(C)c3)CC2)cc1. The Morgan fingerprint density at radius 1 is 0.889 bits per heavy atom. The molecule has 0 aromatic heterocycles. The maximum atomic E-state index is 12.7. The molecule has 0 saturated carbocycles. The van der Waals surface area contributed by atoms with Gasteiger partial charge in [-0.25, -0.2) is 8.42 Å². The van der Waals surface area contributed by atoms with Gasteiger partial charge in [-0.15, -0.1) is 0 Å². The summed E-state index contributed by atoms with van der Waals surface area (Å²) in [6, 6.07) is 13.2. The van der Waals surface area contributed by atoms with E-state index in [0.717, 1.165) is 22.3 Å². The molecular weight excluding hydrogens is 360 g/mol. The van der Waals surface area contributed by atoms with E-state index in [0.29, 0.717) is 31.7 Å². The molecule has 0 atom stereocenters. The Kier molecular flexibility index (Phi) is 5.67. The summed E-state index contributed by atoms with van der Waals surface area (Å²) in [5.41, 5.74) is 4.79. The third-order valence-electron chi connectivity index (χ3n) is 5.14. The molecule has 27 heavy (non-hydrogen) atoms. The summed E-state index contributed by atoms with van der Waals surface area (Å²) < 4.78 is 26.9. The summed E-state index contributed by atoms with van der Waals surface area (Å²) in [7, 11) is -3.38. The molecule has 2 aromatic carbocycles. The van der Waals surface area contributed by atoms with E-state index in [2.05, 4.69) is 0 Å². The number of hydrogen-bond acceptors (Lipinski definition) is 3. The lowest BCUT2D eigenvalue weighted by Gasteiger charge is -2.34. The highest BCUT2D eigenvalue weighted by Gasteiger charge is 2.29. The van der Waals surface area contributed by atoms with Gasteiger partial charge in [0.25, 0.3) is 5.91 Å². The van der Waals surface area contributed by atoms with E-state index in [1.54, 1.807) is 4.90 Å². The van der Waals surface area contributed by atoms with E-state index >= 15 is 0 Å². The predicted molar refractivity (Wildman–Crippen MR) is 107 cm³/mol. The Bertz CT molecular complexity index is 928. The van der Waals surface area contributed by atoms with Crippen LogP contribution in [0.4, 0.5) is 0 Å². The van der Waals surface area contributed by atoms with Gasteiger partial charge in [-0.3, -0.25) is 4.79 Å². The van der Waals surface area contributed by atoms with Gasteiger partial charge in [0.15, 0.2) is 0 Å². The van der Waals surface area contributed by atoms with Crippen LogP contribution in [0, 0.1) is 20.8 Å². The zero-order valence-corrected chi connectivity index (χ0v) is 16.9. The third kappa shape index (κ3) is 4.57. The lowest BCUT2D eigenvalue weighted by molar-refractivity contribution is 0.0697. The second-order valence-corrected chi connectivity index (χ2v) is 9.20. The van der Waals surface area contributed by atoms with E-state index in [1.165, 1.54) is 4.31 Å². The van der Waals surface area contributed by atoms with Crippen molar-refractivity contribution in [1.82, 2.24) is 9.21 Å². The first-order chi connectivity index (χ1) is 12.8. The molecule has 0 N–H and O–H groups in total. The number of carbonyl (C=O) groups is 1. The molecule has 2 aromatic rings. The van der Waals surface area contributed by atoms with Crippen molar-refractivity contribution in [2.24, 2.45) is 0 Å². The fourth-order valence-electron chi connectivity index (χ4n) is 3.21. The smallest absolute Gasteiger partial charge is 0.253 e. The van der Waals surface area contributed by atoms with Gasteiger partial charge in [-0.1, -0.05) is 35.9 Å². The fraction of sp³-hybridized carbons (Fsp3) is 0.381. The average Bonchev–Trinajstić information content (AvgIpc) is 2.65. The molecule has 6 heteroatoms. The van der Waals surface area contributed by atoms with E-state index in [1.807, 2.05) is 63.2 Å². The van der Waals surface area contributed by atoms with Crippen LogP contribution in [0.3, 0.4) is 0 Å². The third-order valence-corrected chi connectivity index (χ3v) is 6.99. The summed E-state index contributed by atoms with van der Waals surface area (Å²) in [6.45, 7) is 7.49. The fourth-order valence-corrected chi connectivity index (χ4v) is 4.73. The van der Waals surface area contributed by atoms with Crippen molar-refractivity contribution in [3.05, 3.63) is 70.3 Å². The lowest BCUT2D eigenvalue weighted by atomic mass is 10.1. The maximum absolute atomic E-state index is 12.7. The number of aryl methyl sites for hydroxylation is 3. The molecule has 144 valence electrons. The van der Waals surface area contributed by atoms with Crippen LogP contribution < -0.4 is 0 Å². The summed E-state index contributed by atoms with van der Waals surface area (Å²) in [5.74, 6) is -0.0352. The first-order valence-electron chi connectivity index (χ1n) is 9.16. The second-order valence-electron chi connectivity index (χ2n) is 7.23. The van der Waals surface area contributed by atoms with Crippen LogP contribution in [0.25, 0.3) is 0 Å². The predicted octanol–water partition coefficient (Wildman–Crippen LogP) is 2.90. The maximum Gasteiger partial charge on any atom is 0.253 e. The second kappa shape index (κ2) is 7.82. The molecule has 1 aliphatic rings. The van der Waals surface area contributed by atoms with Gasteiger partial charge in [-0.2, -0.15) is 4.31 Å². The Hall–Kier alpha value is -2.18. The molecule has 1 amide bonds. The number of amides is 1. The van der Waals surface area contributed by atoms with Gasteiger partial charge >= 0.3 is 0 Å². The average molecular weight is 387 g/mol. The first kappa shape index (κ1) is 19.6. The van der Waals surface area contributed by atoms with E-state index in [9.17, 15) is 13.2 Å². The van der Waals surface area contributed by atoms with Gasteiger partial charge in [-0.05, 0) is 49.6 Å². The molecule has 5 nitrogen and oxygen atoms in total. The molecular formula is C21H26N2O3S. The molecule has 0 spiro atoms. The van der Waals surface area contributed by atoms with Gasteiger partial charge in [0.2, 0.25) is 10.0 Å². The molecule has 1 aliphatic heterocycles. The van der Waals surface area contributed by atoms with Gasteiger partial charge in [0.05, 0.1) is 5.75 Å². The van der Waals surface area contributed by atoms with Crippen molar-refractivity contribution in [3.63, 3.8) is 0 Å². The van der Waals surface area contributed by atoms with Crippen LogP contribution in [0.15, 0.2) is 42.5 Å². The van der Waals surface area contributed by atoms with Crippen molar-refractivity contribution >= 4 is 15.9 Å². The van der Waals surface area contributed by atoms with Crippen molar-refractivity contribution in [2.75, 3.05) is 26.2 Å². The standard InChI is InChI=1S/C21H26N2O3S/c1-16-4-7-19(8-5-16)15-27(25,26)23-12-10-22(11-13-23)21(24)20-9-6-17(2)18(3)14-20/h4-9,14H,10-13,15H2,1-3H3. The lowest BCUT2D eigenvalue weighted by Crippen LogP contribution is -2.50. The molecule has 0 bridgehead atoms. The van der Waals surface area contributed by atoms with Crippen LogP contribution in [-0.2, 0) is 15.8 Å². The van der Waals surface area contributed by atoms with Crippen molar-refractivity contribution in [3.8, 4) is 0 Å². The van der Waals surface area contributed by atoms with E-state index < -0.39 is 10.0 Å². The Morgan fingerprint density at radius 3 is 2.11 bits per heavy atom. The number of benzene rings is 2. The molecule has 0 unspecified atom stereocenters. The number of nitrogens with zero attached hydrogens (tertiary/aromatic N) is 2. The minimum Gasteiger partial charge on any atom is -0.336 e. The zero-order chi connectivity index (χ0) is 19.6. The highest BCUT2D eigenvalue weighted by Crippen LogP contribution is 2.17. The number of carbonyl (C=O) groups excluding carboxylic acids is 1. The number of piperazine rings is 1. The van der Waals surface area contributed by atoms with E-state index in [4.69, 9.17) is 0 Å².